The fourth-order valence-electron chi connectivity index (χ4n) is 2.94. The highest BCUT2D eigenvalue weighted by Gasteiger charge is 2.29. The maximum Gasteiger partial charge on any atom is 0.225 e. The zero-order valence-corrected chi connectivity index (χ0v) is 14.4. The summed E-state index contributed by atoms with van der Waals surface area (Å²) in [7, 11) is 0. The van der Waals surface area contributed by atoms with Crippen molar-refractivity contribution in [2.75, 3.05) is 6.54 Å². The van der Waals surface area contributed by atoms with Crippen LogP contribution in [-0.4, -0.2) is 33.2 Å². The number of nitrogens with zero attached hydrogens (tertiary/aromatic N) is 3. The fourth-order valence-corrected chi connectivity index (χ4v) is 3.65. The highest BCUT2D eigenvalue weighted by molar-refractivity contribution is 7.10. The summed E-state index contributed by atoms with van der Waals surface area (Å²) in [5, 5.41) is 4.83. The van der Waals surface area contributed by atoms with E-state index in [0.29, 0.717) is 18.7 Å². The van der Waals surface area contributed by atoms with Gasteiger partial charge in [-0.15, -0.1) is 11.3 Å². The number of thiophene rings is 1. The minimum absolute atomic E-state index is 0.00299. The van der Waals surface area contributed by atoms with E-state index in [2.05, 4.69) is 15.3 Å². The summed E-state index contributed by atoms with van der Waals surface area (Å²) in [6.45, 7) is 2.70. The third-order valence-corrected chi connectivity index (χ3v) is 4.96. The average Bonchev–Trinajstić information content (AvgIpc) is 3.24. The topological polar surface area (TPSA) is 75.2 Å². The summed E-state index contributed by atoms with van der Waals surface area (Å²) in [5.74, 6) is 0.0323. The number of aromatic nitrogens is 2. The molecule has 1 atom stereocenters. The number of carbonyl (C=O) groups is 2. The first-order valence-corrected chi connectivity index (χ1v) is 8.88. The molecule has 2 aromatic heterocycles. The number of hydrogen-bond acceptors (Lipinski definition) is 5. The van der Waals surface area contributed by atoms with Crippen LogP contribution in [0.4, 0.5) is 0 Å². The molecule has 0 bridgehead atoms. The van der Waals surface area contributed by atoms with Crippen molar-refractivity contribution in [3.05, 3.63) is 46.2 Å². The molecular formula is C17H20N4O2S. The van der Waals surface area contributed by atoms with Crippen molar-refractivity contribution in [1.82, 2.24) is 20.2 Å². The molecule has 6 nitrogen and oxygen atoms in total. The van der Waals surface area contributed by atoms with Gasteiger partial charge in [-0.2, -0.15) is 0 Å². The van der Waals surface area contributed by atoms with Crippen molar-refractivity contribution < 1.29 is 9.59 Å². The van der Waals surface area contributed by atoms with E-state index >= 15 is 0 Å². The second-order valence-electron chi connectivity index (χ2n) is 5.84. The Balaban J connectivity index is 1.61. The van der Waals surface area contributed by atoms with Gasteiger partial charge in [-0.05, 0) is 24.3 Å². The maximum absolute atomic E-state index is 12.0. The van der Waals surface area contributed by atoms with Gasteiger partial charge in [-0.1, -0.05) is 6.07 Å². The van der Waals surface area contributed by atoms with Gasteiger partial charge in [-0.25, -0.2) is 0 Å². The van der Waals surface area contributed by atoms with Crippen LogP contribution in [0.1, 0.15) is 42.1 Å². The van der Waals surface area contributed by atoms with Crippen molar-refractivity contribution in [3.8, 4) is 0 Å². The Morgan fingerprint density at radius 1 is 1.42 bits per heavy atom. The van der Waals surface area contributed by atoms with Gasteiger partial charge in [0, 0.05) is 18.3 Å². The zero-order chi connectivity index (χ0) is 16.9. The highest BCUT2D eigenvalue weighted by atomic mass is 32.1. The van der Waals surface area contributed by atoms with Crippen LogP contribution in [0.5, 0.6) is 0 Å². The lowest BCUT2D eigenvalue weighted by Gasteiger charge is -2.22. The SMILES string of the molecule is CC(=O)N1CCC[C@@H]1c1cncc(CNC(=O)Cc2cccs2)n1. The Bertz CT molecular complexity index is 717. The summed E-state index contributed by atoms with van der Waals surface area (Å²) in [6.07, 6.45) is 5.63. The first kappa shape index (κ1) is 16.6. The number of nitrogens with one attached hydrogen (secondary N) is 1. The molecular weight excluding hydrogens is 324 g/mol. The van der Waals surface area contributed by atoms with Gasteiger partial charge in [0.25, 0.3) is 0 Å². The first-order valence-electron chi connectivity index (χ1n) is 8.00. The molecule has 0 unspecified atom stereocenters. The largest absolute Gasteiger partial charge is 0.350 e. The van der Waals surface area contributed by atoms with E-state index in [1.54, 1.807) is 30.7 Å². The summed E-state index contributed by atoms with van der Waals surface area (Å²) in [5.41, 5.74) is 1.51. The van der Waals surface area contributed by atoms with Crippen LogP contribution in [0, 0.1) is 0 Å². The smallest absolute Gasteiger partial charge is 0.225 e. The molecule has 1 aliphatic heterocycles. The van der Waals surface area contributed by atoms with E-state index in [-0.39, 0.29) is 17.9 Å². The van der Waals surface area contributed by atoms with Gasteiger partial charge in [0.1, 0.15) is 0 Å². The van der Waals surface area contributed by atoms with Crippen LogP contribution in [0.2, 0.25) is 0 Å². The lowest BCUT2D eigenvalue weighted by molar-refractivity contribution is -0.129. The summed E-state index contributed by atoms with van der Waals surface area (Å²) in [6, 6.07) is 3.88. The number of likely N-dealkylation sites (tertiary alicyclic amines) is 1. The van der Waals surface area contributed by atoms with Gasteiger partial charge in [0.05, 0.1) is 42.8 Å². The minimum Gasteiger partial charge on any atom is -0.350 e. The zero-order valence-electron chi connectivity index (χ0n) is 13.6. The maximum atomic E-state index is 12.0. The Morgan fingerprint density at radius 3 is 3.04 bits per heavy atom. The standard InChI is InChI=1S/C17H20N4O2S/c1-12(22)21-6-2-5-16(21)15-11-18-9-13(20-15)10-19-17(23)8-14-4-3-7-24-14/h3-4,7,9,11,16H,2,5-6,8,10H2,1H3,(H,19,23)/t16-/m1/s1. The van der Waals surface area contributed by atoms with Gasteiger partial charge in [0.2, 0.25) is 11.8 Å². The third-order valence-electron chi connectivity index (χ3n) is 4.08. The minimum atomic E-state index is -0.0316. The van der Waals surface area contributed by atoms with Crippen LogP contribution in [0.25, 0.3) is 0 Å². The summed E-state index contributed by atoms with van der Waals surface area (Å²) in [4.78, 5) is 35.4. The molecule has 3 rings (SSSR count). The molecule has 0 spiro atoms. The van der Waals surface area contributed by atoms with Crippen molar-refractivity contribution in [3.63, 3.8) is 0 Å². The quantitative estimate of drug-likeness (QED) is 0.901. The predicted octanol–water partition coefficient (Wildman–Crippen LogP) is 2.08. The molecule has 24 heavy (non-hydrogen) atoms. The van der Waals surface area contributed by atoms with Crippen LogP contribution >= 0.6 is 11.3 Å². The van der Waals surface area contributed by atoms with Crippen molar-refractivity contribution in [2.24, 2.45) is 0 Å². The molecule has 0 radical (unpaired) electrons. The average molecular weight is 344 g/mol. The monoisotopic (exact) mass is 344 g/mol. The van der Waals surface area contributed by atoms with E-state index in [1.807, 2.05) is 22.4 Å². The van der Waals surface area contributed by atoms with Crippen LogP contribution in [0.15, 0.2) is 29.9 Å². The number of hydrogen-bond donors (Lipinski definition) is 1. The molecule has 3 heterocycles. The second-order valence-corrected chi connectivity index (χ2v) is 6.87. The molecule has 1 N–H and O–H groups in total. The van der Waals surface area contributed by atoms with Gasteiger partial charge in [-0.3, -0.25) is 19.6 Å². The first-order chi connectivity index (χ1) is 11.6. The molecule has 7 heteroatoms. The van der Waals surface area contributed by atoms with Gasteiger partial charge in [0.15, 0.2) is 0 Å². The van der Waals surface area contributed by atoms with E-state index in [4.69, 9.17) is 0 Å². The Kier molecular flexibility index (Phi) is 5.20. The predicted molar refractivity (Wildman–Crippen MR) is 91.3 cm³/mol. The molecule has 1 saturated heterocycles. The van der Waals surface area contributed by atoms with E-state index in [9.17, 15) is 9.59 Å². The van der Waals surface area contributed by atoms with Crippen LogP contribution in [0.3, 0.4) is 0 Å². The Labute approximate surface area is 144 Å². The number of rotatable bonds is 5. The molecule has 2 amide bonds. The van der Waals surface area contributed by atoms with E-state index < -0.39 is 0 Å². The highest BCUT2D eigenvalue weighted by Crippen LogP contribution is 2.30. The number of amides is 2. The molecule has 0 aromatic carbocycles. The lowest BCUT2D eigenvalue weighted by atomic mass is 10.1. The molecule has 0 saturated carbocycles. The number of carbonyl (C=O) groups excluding carboxylic acids is 2. The third kappa shape index (κ3) is 3.97. The molecule has 126 valence electrons. The summed E-state index contributed by atoms with van der Waals surface area (Å²) >= 11 is 1.57. The van der Waals surface area contributed by atoms with Crippen molar-refractivity contribution in [1.29, 1.82) is 0 Å². The van der Waals surface area contributed by atoms with E-state index in [1.165, 1.54) is 0 Å². The van der Waals surface area contributed by atoms with Gasteiger partial charge < -0.3 is 10.2 Å². The van der Waals surface area contributed by atoms with Crippen molar-refractivity contribution in [2.45, 2.75) is 38.8 Å². The Hall–Kier alpha value is -2.28. The fraction of sp³-hybridized carbons (Fsp3) is 0.412. The van der Waals surface area contributed by atoms with Crippen molar-refractivity contribution >= 4 is 23.2 Å². The molecule has 2 aromatic rings. The summed E-state index contributed by atoms with van der Waals surface area (Å²) < 4.78 is 0. The Morgan fingerprint density at radius 2 is 2.29 bits per heavy atom. The van der Waals surface area contributed by atoms with Gasteiger partial charge >= 0.3 is 0 Å². The lowest BCUT2D eigenvalue weighted by Crippen LogP contribution is -2.29. The van der Waals surface area contributed by atoms with Crippen LogP contribution < -0.4 is 5.32 Å². The normalized spacial score (nSPS) is 17.0. The molecule has 1 aliphatic rings. The van der Waals surface area contributed by atoms with E-state index in [0.717, 1.165) is 30.0 Å². The van der Waals surface area contributed by atoms with Crippen LogP contribution in [-0.2, 0) is 22.6 Å². The second kappa shape index (κ2) is 7.53. The molecule has 1 fully saturated rings. The molecule has 0 aliphatic carbocycles.